The Morgan fingerprint density at radius 2 is 1.50 bits per heavy atom. The maximum absolute atomic E-state index is 10.1. The van der Waals surface area contributed by atoms with Gasteiger partial charge in [-0.2, -0.15) is 0 Å². The van der Waals surface area contributed by atoms with Crippen LogP contribution < -0.4 is 0 Å². The average molecular weight is 340 g/mol. The summed E-state index contributed by atoms with van der Waals surface area (Å²) in [6, 6.07) is 0. The van der Waals surface area contributed by atoms with Crippen molar-refractivity contribution in [3.8, 4) is 0 Å². The van der Waals surface area contributed by atoms with Crippen molar-refractivity contribution in [2.24, 2.45) is 0 Å². The minimum absolute atomic E-state index is 0. The SMILES string of the molecule is CC(CS(=O)(=O)[O-])S(=O)(=O)[O-].[Ba+2]. The van der Waals surface area contributed by atoms with Crippen LogP contribution in [0.3, 0.4) is 0 Å². The molecule has 6 nitrogen and oxygen atoms in total. The predicted molar refractivity (Wildman–Crippen MR) is 39.5 cm³/mol. The first-order valence-electron chi connectivity index (χ1n) is 2.51. The second kappa shape index (κ2) is 5.32. The normalized spacial score (nSPS) is 14.9. The van der Waals surface area contributed by atoms with Crippen molar-refractivity contribution in [1.82, 2.24) is 0 Å². The van der Waals surface area contributed by atoms with Gasteiger partial charge in [-0.15, -0.1) is 0 Å². The van der Waals surface area contributed by atoms with E-state index < -0.39 is 31.2 Å². The molecular formula is C3H6BaO6S2. The predicted octanol–water partition coefficient (Wildman–Crippen LogP) is -1.92. The summed E-state index contributed by atoms with van der Waals surface area (Å²) >= 11 is 0. The van der Waals surface area contributed by atoms with Crippen molar-refractivity contribution in [2.75, 3.05) is 5.75 Å². The van der Waals surface area contributed by atoms with Gasteiger partial charge < -0.3 is 9.11 Å². The molecule has 0 aromatic heterocycles. The van der Waals surface area contributed by atoms with Gasteiger partial charge in [0.1, 0.15) is 0 Å². The van der Waals surface area contributed by atoms with Crippen LogP contribution in [0.25, 0.3) is 0 Å². The van der Waals surface area contributed by atoms with Gasteiger partial charge in [0, 0.05) is 0 Å². The monoisotopic (exact) mass is 340 g/mol. The Kier molecular flexibility index (Phi) is 7.02. The molecule has 0 bridgehead atoms. The van der Waals surface area contributed by atoms with Gasteiger partial charge in [0.05, 0.1) is 31.2 Å². The van der Waals surface area contributed by atoms with Crippen LogP contribution >= 0.6 is 0 Å². The van der Waals surface area contributed by atoms with Gasteiger partial charge in [0.25, 0.3) is 0 Å². The van der Waals surface area contributed by atoms with Crippen LogP contribution in [-0.2, 0) is 20.2 Å². The third-order valence-corrected chi connectivity index (χ3v) is 3.20. The van der Waals surface area contributed by atoms with Gasteiger partial charge in [-0.3, -0.25) is 0 Å². The van der Waals surface area contributed by atoms with Crippen molar-refractivity contribution in [3.63, 3.8) is 0 Å². The fraction of sp³-hybridized carbons (Fsp3) is 1.00. The van der Waals surface area contributed by atoms with E-state index in [1.165, 1.54) is 0 Å². The zero-order chi connectivity index (χ0) is 9.28. The first-order chi connectivity index (χ1) is 4.63. The summed E-state index contributed by atoms with van der Waals surface area (Å²) in [6.45, 7) is 0.873. The zero-order valence-electron chi connectivity index (χ0n) is 6.26. The van der Waals surface area contributed by atoms with Gasteiger partial charge >= 0.3 is 48.9 Å². The quantitative estimate of drug-likeness (QED) is 0.437. The third kappa shape index (κ3) is 8.01. The largest absolute Gasteiger partial charge is 2.00 e. The number of hydrogen-bond donors (Lipinski definition) is 0. The molecule has 0 spiro atoms. The molecule has 0 radical (unpaired) electrons. The molecular weight excluding hydrogens is 333 g/mol. The summed E-state index contributed by atoms with van der Waals surface area (Å²) in [4.78, 5) is 0. The molecule has 0 aliphatic carbocycles. The van der Waals surface area contributed by atoms with E-state index in [-0.39, 0.29) is 48.9 Å². The average Bonchev–Trinajstić information content (AvgIpc) is 1.56. The fourth-order valence-corrected chi connectivity index (χ4v) is 2.11. The van der Waals surface area contributed by atoms with E-state index in [0.717, 1.165) is 6.92 Å². The van der Waals surface area contributed by atoms with Crippen LogP contribution in [0.2, 0.25) is 0 Å². The Hall–Kier alpha value is 1.39. The molecule has 9 heteroatoms. The molecule has 0 saturated carbocycles. The molecule has 68 valence electrons. The van der Waals surface area contributed by atoms with Gasteiger partial charge in [-0.25, -0.2) is 16.8 Å². The molecule has 1 atom stereocenters. The van der Waals surface area contributed by atoms with Crippen LogP contribution in [0.1, 0.15) is 6.92 Å². The van der Waals surface area contributed by atoms with Crippen molar-refractivity contribution in [1.29, 1.82) is 0 Å². The van der Waals surface area contributed by atoms with Crippen LogP contribution in [-0.4, -0.2) is 85.8 Å². The van der Waals surface area contributed by atoms with Crippen LogP contribution in [0.15, 0.2) is 0 Å². The van der Waals surface area contributed by atoms with E-state index in [1.807, 2.05) is 0 Å². The summed E-state index contributed by atoms with van der Waals surface area (Å²) in [5.41, 5.74) is 0. The maximum Gasteiger partial charge on any atom is 2.00 e. The van der Waals surface area contributed by atoms with Crippen molar-refractivity contribution in [3.05, 3.63) is 0 Å². The van der Waals surface area contributed by atoms with Crippen LogP contribution in [0.4, 0.5) is 0 Å². The Labute approximate surface area is 111 Å². The molecule has 0 aromatic carbocycles. The Morgan fingerprint density at radius 3 is 1.58 bits per heavy atom. The van der Waals surface area contributed by atoms with Gasteiger partial charge in [0.2, 0.25) is 0 Å². The van der Waals surface area contributed by atoms with E-state index in [2.05, 4.69) is 0 Å². The summed E-state index contributed by atoms with van der Waals surface area (Å²) in [5, 5.41) is -1.68. The number of rotatable bonds is 3. The van der Waals surface area contributed by atoms with Crippen molar-refractivity contribution >= 4 is 69.1 Å². The molecule has 0 saturated heterocycles. The third-order valence-electron chi connectivity index (χ3n) is 0.932. The maximum atomic E-state index is 10.1. The van der Waals surface area contributed by atoms with E-state index in [9.17, 15) is 25.9 Å². The molecule has 0 aliphatic heterocycles. The number of hydrogen-bond acceptors (Lipinski definition) is 6. The van der Waals surface area contributed by atoms with Crippen LogP contribution in [0.5, 0.6) is 0 Å². The Bertz CT molecular complexity index is 315. The van der Waals surface area contributed by atoms with E-state index >= 15 is 0 Å². The van der Waals surface area contributed by atoms with E-state index in [0.29, 0.717) is 0 Å². The second-order valence-corrected chi connectivity index (χ2v) is 5.27. The fourth-order valence-electron chi connectivity index (χ4n) is 0.371. The summed E-state index contributed by atoms with van der Waals surface area (Å²) in [7, 11) is -9.30. The smallest absolute Gasteiger partial charge is 0.748 e. The van der Waals surface area contributed by atoms with Crippen LogP contribution in [0, 0.1) is 0 Å². The summed E-state index contributed by atoms with van der Waals surface area (Å²) in [5.74, 6) is -1.17. The molecule has 1 unspecified atom stereocenters. The van der Waals surface area contributed by atoms with Crippen molar-refractivity contribution in [2.45, 2.75) is 12.2 Å². The van der Waals surface area contributed by atoms with Gasteiger partial charge in [-0.05, 0) is 6.92 Å². The minimum Gasteiger partial charge on any atom is -0.748 e. The van der Waals surface area contributed by atoms with E-state index in [1.54, 1.807) is 0 Å². The summed E-state index contributed by atoms with van der Waals surface area (Å²) < 4.78 is 59.9. The standard InChI is InChI=1S/C3H8O6S2.Ba/c1-3(11(7,8)9)2-10(4,5)6;/h3H,2H2,1H3,(H,4,5,6)(H,7,8,9);/q;+2/p-2. The zero-order valence-corrected chi connectivity index (χ0v) is 12.3. The molecule has 0 aromatic rings. The molecule has 0 amide bonds. The molecule has 12 heavy (non-hydrogen) atoms. The molecule has 0 aliphatic rings. The molecule has 0 N–H and O–H groups in total. The van der Waals surface area contributed by atoms with Crippen molar-refractivity contribution < 1.29 is 25.9 Å². The minimum atomic E-state index is -4.67. The molecule has 0 rings (SSSR count). The molecule has 0 fully saturated rings. The summed E-state index contributed by atoms with van der Waals surface area (Å²) in [6.07, 6.45) is 0. The molecule has 0 heterocycles. The van der Waals surface area contributed by atoms with E-state index in [4.69, 9.17) is 0 Å². The van der Waals surface area contributed by atoms with Gasteiger partial charge in [-0.1, -0.05) is 0 Å². The topological polar surface area (TPSA) is 114 Å². The Morgan fingerprint density at radius 1 is 1.17 bits per heavy atom. The first kappa shape index (κ1) is 15.8. The van der Waals surface area contributed by atoms with Gasteiger partial charge in [0.15, 0.2) is 0 Å². The second-order valence-electron chi connectivity index (χ2n) is 2.03. The Balaban J connectivity index is 0. The first-order valence-corrected chi connectivity index (χ1v) is 5.56.